The quantitative estimate of drug-likeness (QED) is 0.915. The maximum absolute atomic E-state index is 12.8. The lowest BCUT2D eigenvalue weighted by Crippen LogP contribution is -2.20. The summed E-state index contributed by atoms with van der Waals surface area (Å²) in [5.74, 6) is 3.31. The Morgan fingerprint density at radius 3 is 3.00 bits per heavy atom. The number of furan rings is 1. The van der Waals surface area contributed by atoms with Crippen molar-refractivity contribution in [1.82, 2.24) is 9.78 Å². The SMILES string of the molecule is Cc1oc2c(c1C(=O)Nc1c3c(nn1C)CSC3)C(=O)CCC2. The molecule has 23 heavy (non-hydrogen) atoms. The number of carbonyl (C=O) groups is 2. The van der Waals surface area contributed by atoms with Crippen LogP contribution in [0.3, 0.4) is 0 Å². The molecule has 3 heterocycles. The van der Waals surface area contributed by atoms with Gasteiger partial charge in [-0.2, -0.15) is 16.9 Å². The Hall–Kier alpha value is -2.02. The lowest BCUT2D eigenvalue weighted by atomic mass is 9.93. The van der Waals surface area contributed by atoms with E-state index in [0.29, 0.717) is 41.3 Å². The molecule has 2 aromatic heterocycles. The molecule has 1 amide bonds. The van der Waals surface area contributed by atoms with E-state index in [2.05, 4.69) is 10.4 Å². The molecule has 0 spiro atoms. The number of hydrogen-bond donors (Lipinski definition) is 1. The fourth-order valence-corrected chi connectivity index (χ4v) is 4.38. The summed E-state index contributed by atoms with van der Waals surface area (Å²) in [6.45, 7) is 1.74. The molecule has 120 valence electrons. The number of rotatable bonds is 2. The molecular weight excluding hydrogens is 314 g/mol. The number of Topliss-reactive ketones (excluding diaryl/α,β-unsaturated/α-hetero) is 1. The van der Waals surface area contributed by atoms with Crippen LogP contribution in [-0.2, 0) is 25.0 Å². The highest BCUT2D eigenvalue weighted by Crippen LogP contribution is 2.35. The molecule has 1 aliphatic heterocycles. The first-order chi connectivity index (χ1) is 11.1. The van der Waals surface area contributed by atoms with Crippen molar-refractivity contribution in [2.24, 2.45) is 7.05 Å². The van der Waals surface area contributed by atoms with E-state index in [0.717, 1.165) is 29.2 Å². The maximum Gasteiger partial charge on any atom is 0.261 e. The second-order valence-corrected chi connectivity index (χ2v) is 6.94. The van der Waals surface area contributed by atoms with Crippen molar-refractivity contribution in [2.45, 2.75) is 37.7 Å². The van der Waals surface area contributed by atoms with E-state index >= 15 is 0 Å². The van der Waals surface area contributed by atoms with E-state index in [4.69, 9.17) is 4.42 Å². The Balaban J connectivity index is 1.71. The molecule has 7 heteroatoms. The Labute approximate surface area is 137 Å². The predicted octanol–water partition coefficient (Wildman–Crippen LogP) is 2.84. The van der Waals surface area contributed by atoms with E-state index in [1.165, 1.54) is 0 Å². The minimum absolute atomic E-state index is 0.000888. The topological polar surface area (TPSA) is 77.1 Å². The van der Waals surface area contributed by atoms with Crippen molar-refractivity contribution in [2.75, 3.05) is 5.32 Å². The van der Waals surface area contributed by atoms with E-state index in [-0.39, 0.29) is 11.7 Å². The number of aromatic nitrogens is 2. The summed E-state index contributed by atoms with van der Waals surface area (Å²) in [4.78, 5) is 25.0. The molecule has 0 atom stereocenters. The average Bonchev–Trinajstić information content (AvgIpc) is 3.15. The van der Waals surface area contributed by atoms with Gasteiger partial charge in [0, 0.05) is 37.0 Å². The molecule has 0 bridgehead atoms. The van der Waals surface area contributed by atoms with Crippen LogP contribution in [0.2, 0.25) is 0 Å². The van der Waals surface area contributed by atoms with Crippen molar-refractivity contribution >= 4 is 29.3 Å². The van der Waals surface area contributed by atoms with E-state index in [1.807, 2.05) is 7.05 Å². The fourth-order valence-electron chi connectivity index (χ4n) is 3.35. The van der Waals surface area contributed by atoms with Crippen molar-refractivity contribution in [3.8, 4) is 0 Å². The monoisotopic (exact) mass is 331 g/mol. The predicted molar refractivity (Wildman–Crippen MR) is 86.9 cm³/mol. The van der Waals surface area contributed by atoms with Crippen LogP contribution in [0.4, 0.5) is 5.82 Å². The molecule has 0 fully saturated rings. The molecule has 1 N–H and O–H groups in total. The second-order valence-electron chi connectivity index (χ2n) is 5.95. The number of thioether (sulfide) groups is 1. The number of hydrogen-bond acceptors (Lipinski definition) is 5. The third-order valence-electron chi connectivity index (χ3n) is 4.42. The number of carbonyl (C=O) groups excluding carboxylic acids is 2. The summed E-state index contributed by atoms with van der Waals surface area (Å²) in [6.07, 6.45) is 1.98. The first-order valence-corrected chi connectivity index (χ1v) is 8.81. The second kappa shape index (κ2) is 5.26. The molecule has 0 aromatic carbocycles. The zero-order chi connectivity index (χ0) is 16.1. The summed E-state index contributed by atoms with van der Waals surface area (Å²) in [6, 6.07) is 0. The van der Waals surface area contributed by atoms with Crippen LogP contribution in [0.5, 0.6) is 0 Å². The highest BCUT2D eigenvalue weighted by molar-refractivity contribution is 7.98. The van der Waals surface area contributed by atoms with E-state index in [1.54, 1.807) is 23.4 Å². The third-order valence-corrected chi connectivity index (χ3v) is 5.39. The lowest BCUT2D eigenvalue weighted by Gasteiger charge is -2.11. The van der Waals surface area contributed by atoms with E-state index < -0.39 is 0 Å². The summed E-state index contributed by atoms with van der Waals surface area (Å²) >= 11 is 1.78. The van der Waals surface area contributed by atoms with Gasteiger partial charge >= 0.3 is 0 Å². The average molecular weight is 331 g/mol. The van der Waals surface area contributed by atoms with Gasteiger partial charge in [0.05, 0.1) is 16.8 Å². The fraction of sp³-hybridized carbons (Fsp3) is 0.438. The van der Waals surface area contributed by atoms with E-state index in [9.17, 15) is 9.59 Å². The van der Waals surface area contributed by atoms with Gasteiger partial charge in [-0.25, -0.2) is 0 Å². The van der Waals surface area contributed by atoms with Gasteiger partial charge in [-0.05, 0) is 13.3 Å². The van der Waals surface area contributed by atoms with Crippen molar-refractivity contribution in [1.29, 1.82) is 0 Å². The van der Waals surface area contributed by atoms with Crippen LogP contribution in [0.1, 0.15) is 56.3 Å². The van der Waals surface area contributed by atoms with Gasteiger partial charge in [0.2, 0.25) is 0 Å². The van der Waals surface area contributed by atoms with Gasteiger partial charge in [0.1, 0.15) is 17.3 Å². The summed E-state index contributed by atoms with van der Waals surface area (Å²) < 4.78 is 7.36. The highest BCUT2D eigenvalue weighted by Gasteiger charge is 2.31. The van der Waals surface area contributed by atoms with Crippen LogP contribution in [0.25, 0.3) is 0 Å². The van der Waals surface area contributed by atoms with Gasteiger partial charge < -0.3 is 9.73 Å². The molecule has 1 aliphatic carbocycles. The first-order valence-electron chi connectivity index (χ1n) is 7.65. The van der Waals surface area contributed by atoms with Crippen LogP contribution in [0, 0.1) is 6.92 Å². The molecule has 2 aromatic rings. The molecule has 0 saturated heterocycles. The number of amides is 1. The summed E-state index contributed by atoms with van der Waals surface area (Å²) in [5, 5.41) is 7.38. The number of nitrogens with one attached hydrogen (secondary N) is 1. The van der Waals surface area contributed by atoms with Gasteiger partial charge in [-0.15, -0.1) is 0 Å². The van der Waals surface area contributed by atoms with Crippen molar-refractivity contribution in [3.63, 3.8) is 0 Å². The number of fused-ring (bicyclic) bond motifs is 2. The van der Waals surface area contributed by atoms with Crippen LogP contribution < -0.4 is 5.32 Å². The number of anilines is 1. The Kier molecular flexibility index (Phi) is 3.33. The van der Waals surface area contributed by atoms with Gasteiger partial charge in [0.25, 0.3) is 5.91 Å². The standard InChI is InChI=1S/C16H17N3O3S/c1-8-13(14-11(20)4-3-5-12(14)22-8)16(21)17-15-9-6-23-7-10(9)18-19(15)2/h3-7H2,1-2H3,(H,17,21). The molecule has 2 aliphatic rings. The molecule has 6 nitrogen and oxygen atoms in total. The van der Waals surface area contributed by atoms with Crippen LogP contribution in [-0.4, -0.2) is 21.5 Å². The highest BCUT2D eigenvalue weighted by atomic mass is 32.2. The number of ketones is 1. The smallest absolute Gasteiger partial charge is 0.261 e. The number of aryl methyl sites for hydroxylation is 3. The van der Waals surface area contributed by atoms with Crippen LogP contribution in [0.15, 0.2) is 4.42 Å². The Morgan fingerprint density at radius 2 is 2.17 bits per heavy atom. The van der Waals surface area contributed by atoms with Gasteiger partial charge in [-0.3, -0.25) is 14.3 Å². The maximum atomic E-state index is 12.8. The number of nitrogens with zero attached hydrogens (tertiary/aromatic N) is 2. The molecule has 0 saturated carbocycles. The normalized spacial score (nSPS) is 16.3. The van der Waals surface area contributed by atoms with Crippen molar-refractivity contribution in [3.05, 3.63) is 33.9 Å². The summed E-state index contributed by atoms with van der Waals surface area (Å²) in [7, 11) is 1.82. The molecule has 4 rings (SSSR count). The zero-order valence-corrected chi connectivity index (χ0v) is 13.9. The Bertz CT molecular complexity index is 834. The largest absolute Gasteiger partial charge is 0.465 e. The molecule has 0 radical (unpaired) electrons. The molecular formula is C16H17N3O3S. The van der Waals surface area contributed by atoms with Crippen LogP contribution >= 0.6 is 11.8 Å². The molecule has 0 unspecified atom stereocenters. The minimum atomic E-state index is -0.287. The van der Waals surface area contributed by atoms with Gasteiger partial charge in [-0.1, -0.05) is 0 Å². The minimum Gasteiger partial charge on any atom is -0.465 e. The summed E-state index contributed by atoms with van der Waals surface area (Å²) in [5.41, 5.74) is 2.95. The third kappa shape index (κ3) is 2.22. The lowest BCUT2D eigenvalue weighted by molar-refractivity contribution is 0.0955. The first kappa shape index (κ1) is 14.6. The van der Waals surface area contributed by atoms with Crippen molar-refractivity contribution < 1.29 is 14.0 Å². The Morgan fingerprint density at radius 1 is 1.35 bits per heavy atom. The van der Waals surface area contributed by atoms with Gasteiger partial charge in [0.15, 0.2) is 5.78 Å². The zero-order valence-electron chi connectivity index (χ0n) is 13.1.